The van der Waals surface area contributed by atoms with Crippen molar-refractivity contribution in [1.29, 1.82) is 0 Å². The molecule has 1 rings (SSSR count). The summed E-state index contributed by atoms with van der Waals surface area (Å²) < 4.78 is 0. The van der Waals surface area contributed by atoms with Gasteiger partial charge in [-0.1, -0.05) is 37.4 Å². The van der Waals surface area contributed by atoms with Gasteiger partial charge in [0.05, 0.1) is 12.5 Å². The minimum atomic E-state index is -0.844. The average Bonchev–Trinajstić information content (AvgIpc) is 2.51. The molecule has 0 aromatic rings. The van der Waals surface area contributed by atoms with E-state index in [9.17, 15) is 9.59 Å². The molecule has 2 atom stereocenters. The first kappa shape index (κ1) is 14.8. The number of carbonyl (C=O) groups is 2. The summed E-state index contributed by atoms with van der Waals surface area (Å²) in [6.45, 7) is 3.64. The normalized spacial score (nSPS) is 23.8. The summed E-state index contributed by atoms with van der Waals surface area (Å²) in [5.74, 6) is -1.35. The Labute approximate surface area is 112 Å². The zero-order valence-electron chi connectivity index (χ0n) is 10.2. The van der Waals surface area contributed by atoms with Crippen LogP contribution in [0.1, 0.15) is 32.1 Å². The van der Waals surface area contributed by atoms with E-state index < -0.39 is 17.9 Å². The fourth-order valence-corrected chi connectivity index (χ4v) is 2.24. The predicted molar refractivity (Wildman–Crippen MR) is 69.5 cm³/mol. The van der Waals surface area contributed by atoms with E-state index in [2.05, 4.69) is 17.2 Å². The molecular weight excluding hydrogens is 256 g/mol. The molecule has 0 bridgehead atoms. The van der Waals surface area contributed by atoms with Crippen LogP contribution < -0.4 is 10.6 Å². The molecule has 6 heteroatoms. The molecular formula is C12H19ClN2O3. The maximum absolute atomic E-state index is 11.6. The third kappa shape index (κ3) is 4.96. The third-order valence-corrected chi connectivity index (χ3v) is 3.22. The zero-order chi connectivity index (χ0) is 13.5. The second kappa shape index (κ2) is 7.26. The molecule has 0 aliphatic heterocycles. The minimum absolute atomic E-state index is 0.178. The van der Waals surface area contributed by atoms with Gasteiger partial charge in [0, 0.05) is 11.1 Å². The summed E-state index contributed by atoms with van der Waals surface area (Å²) in [7, 11) is 0. The molecule has 5 nitrogen and oxygen atoms in total. The van der Waals surface area contributed by atoms with Crippen LogP contribution in [0.5, 0.6) is 0 Å². The van der Waals surface area contributed by atoms with Gasteiger partial charge in [-0.2, -0.15) is 0 Å². The summed E-state index contributed by atoms with van der Waals surface area (Å²) in [6.07, 6.45) is 4.17. The Morgan fingerprint density at radius 1 is 1.28 bits per heavy atom. The standard InChI is InChI=1S/C12H19ClN2O3/c1-8(13)7-14-12(18)15-10-6-4-2-3-5-9(10)11(16)17/h9-10H,1-7H2,(H,16,17)(H2,14,15,18). The molecule has 2 amide bonds. The van der Waals surface area contributed by atoms with Gasteiger partial charge in [0.1, 0.15) is 0 Å². The largest absolute Gasteiger partial charge is 0.481 e. The number of nitrogens with one attached hydrogen (secondary N) is 2. The Balaban J connectivity index is 2.52. The van der Waals surface area contributed by atoms with Crippen molar-refractivity contribution in [2.24, 2.45) is 5.92 Å². The fourth-order valence-electron chi connectivity index (χ4n) is 2.17. The zero-order valence-corrected chi connectivity index (χ0v) is 11.0. The van der Waals surface area contributed by atoms with E-state index in [1.54, 1.807) is 0 Å². The minimum Gasteiger partial charge on any atom is -0.481 e. The number of hydrogen-bond acceptors (Lipinski definition) is 2. The molecule has 2 unspecified atom stereocenters. The van der Waals surface area contributed by atoms with Crippen molar-refractivity contribution in [3.8, 4) is 0 Å². The number of amides is 2. The van der Waals surface area contributed by atoms with Gasteiger partial charge in [-0.25, -0.2) is 4.79 Å². The van der Waals surface area contributed by atoms with Crippen LogP contribution >= 0.6 is 11.6 Å². The van der Waals surface area contributed by atoms with Crippen molar-refractivity contribution in [3.63, 3.8) is 0 Å². The average molecular weight is 275 g/mol. The summed E-state index contributed by atoms with van der Waals surface area (Å²) in [5.41, 5.74) is 0. The Hall–Kier alpha value is -1.23. The van der Waals surface area contributed by atoms with Crippen molar-refractivity contribution < 1.29 is 14.7 Å². The lowest BCUT2D eigenvalue weighted by atomic mass is 9.95. The van der Waals surface area contributed by atoms with Crippen LogP contribution in [0, 0.1) is 5.92 Å². The quantitative estimate of drug-likeness (QED) is 0.687. The lowest BCUT2D eigenvalue weighted by molar-refractivity contribution is -0.142. The summed E-state index contributed by atoms with van der Waals surface area (Å²) in [4.78, 5) is 22.7. The lowest BCUT2D eigenvalue weighted by Crippen LogP contribution is -2.47. The van der Waals surface area contributed by atoms with Crippen molar-refractivity contribution in [2.75, 3.05) is 6.54 Å². The topological polar surface area (TPSA) is 78.4 Å². The SMILES string of the molecule is C=C(Cl)CNC(=O)NC1CCCCCC1C(=O)O. The van der Waals surface area contributed by atoms with Gasteiger partial charge in [0.2, 0.25) is 0 Å². The fraction of sp³-hybridized carbons (Fsp3) is 0.667. The maximum atomic E-state index is 11.6. The van der Waals surface area contributed by atoms with E-state index in [1.807, 2.05) is 0 Å². The number of carbonyl (C=O) groups excluding carboxylic acids is 1. The van der Waals surface area contributed by atoms with E-state index in [0.29, 0.717) is 17.9 Å². The number of halogens is 1. The Kier molecular flexibility index (Phi) is 5.98. The maximum Gasteiger partial charge on any atom is 0.315 e. The van der Waals surface area contributed by atoms with Crippen LogP contribution in [0.3, 0.4) is 0 Å². The van der Waals surface area contributed by atoms with Gasteiger partial charge in [-0.05, 0) is 12.8 Å². The van der Waals surface area contributed by atoms with E-state index >= 15 is 0 Å². The molecule has 0 radical (unpaired) electrons. The van der Waals surface area contributed by atoms with Crippen LogP contribution in [-0.2, 0) is 4.79 Å². The lowest BCUT2D eigenvalue weighted by Gasteiger charge is -2.22. The second-order valence-electron chi connectivity index (χ2n) is 4.53. The monoisotopic (exact) mass is 274 g/mol. The molecule has 3 N–H and O–H groups in total. The first-order valence-electron chi connectivity index (χ1n) is 6.11. The van der Waals surface area contributed by atoms with E-state index in [-0.39, 0.29) is 12.6 Å². The Morgan fingerprint density at radius 3 is 2.56 bits per heavy atom. The summed E-state index contributed by atoms with van der Waals surface area (Å²) in [5, 5.41) is 14.7. The molecule has 1 aliphatic rings. The first-order valence-corrected chi connectivity index (χ1v) is 6.49. The van der Waals surface area contributed by atoms with Gasteiger partial charge in [-0.3, -0.25) is 4.79 Å². The smallest absolute Gasteiger partial charge is 0.315 e. The molecule has 0 heterocycles. The molecule has 18 heavy (non-hydrogen) atoms. The number of carboxylic acid groups (broad SMARTS) is 1. The molecule has 0 spiro atoms. The van der Waals surface area contributed by atoms with Gasteiger partial charge in [0.25, 0.3) is 0 Å². The summed E-state index contributed by atoms with van der Waals surface area (Å²) in [6, 6.07) is -0.705. The highest BCUT2D eigenvalue weighted by Gasteiger charge is 2.30. The van der Waals surface area contributed by atoms with Crippen LogP contribution in [0.2, 0.25) is 0 Å². The highest BCUT2D eigenvalue weighted by Crippen LogP contribution is 2.23. The number of rotatable bonds is 4. The molecule has 1 saturated carbocycles. The van der Waals surface area contributed by atoms with E-state index in [0.717, 1.165) is 19.3 Å². The van der Waals surface area contributed by atoms with Gasteiger partial charge in [0.15, 0.2) is 0 Å². The highest BCUT2D eigenvalue weighted by atomic mass is 35.5. The number of aliphatic carboxylic acids is 1. The van der Waals surface area contributed by atoms with Crippen LogP contribution in [-0.4, -0.2) is 29.7 Å². The molecule has 0 aromatic heterocycles. The summed E-state index contributed by atoms with van der Waals surface area (Å²) >= 11 is 5.54. The number of urea groups is 1. The van der Waals surface area contributed by atoms with Crippen molar-refractivity contribution in [3.05, 3.63) is 11.6 Å². The molecule has 0 saturated heterocycles. The molecule has 0 aromatic carbocycles. The van der Waals surface area contributed by atoms with Crippen LogP contribution in [0.15, 0.2) is 11.6 Å². The van der Waals surface area contributed by atoms with Crippen LogP contribution in [0.25, 0.3) is 0 Å². The molecule has 1 aliphatic carbocycles. The van der Waals surface area contributed by atoms with Crippen LogP contribution in [0.4, 0.5) is 4.79 Å². The third-order valence-electron chi connectivity index (χ3n) is 3.09. The second-order valence-corrected chi connectivity index (χ2v) is 5.07. The van der Waals surface area contributed by atoms with Gasteiger partial charge in [-0.15, -0.1) is 0 Å². The molecule has 102 valence electrons. The van der Waals surface area contributed by atoms with Crippen molar-refractivity contribution in [1.82, 2.24) is 10.6 Å². The number of hydrogen-bond donors (Lipinski definition) is 3. The number of carboxylic acids is 1. The van der Waals surface area contributed by atoms with Crippen molar-refractivity contribution >= 4 is 23.6 Å². The highest BCUT2D eigenvalue weighted by molar-refractivity contribution is 6.29. The Bertz CT molecular complexity index is 333. The van der Waals surface area contributed by atoms with Gasteiger partial charge < -0.3 is 15.7 Å². The van der Waals surface area contributed by atoms with E-state index in [1.165, 1.54) is 0 Å². The Morgan fingerprint density at radius 2 is 1.94 bits per heavy atom. The first-order chi connectivity index (χ1) is 8.50. The van der Waals surface area contributed by atoms with Crippen molar-refractivity contribution in [2.45, 2.75) is 38.1 Å². The van der Waals surface area contributed by atoms with E-state index in [4.69, 9.17) is 16.7 Å². The molecule has 1 fully saturated rings. The van der Waals surface area contributed by atoms with Gasteiger partial charge >= 0.3 is 12.0 Å². The predicted octanol–water partition coefficient (Wildman–Crippen LogP) is 2.07.